The predicted octanol–water partition coefficient (Wildman–Crippen LogP) is -0.787. The molecule has 0 radical (unpaired) electrons. The maximum Gasteiger partial charge on any atom is 0.187 e. The van der Waals surface area contributed by atoms with Crippen molar-refractivity contribution in [2.45, 2.75) is 215 Å². The van der Waals surface area contributed by atoms with Gasteiger partial charge >= 0.3 is 0 Å². The van der Waals surface area contributed by atoms with Crippen molar-refractivity contribution in [1.29, 1.82) is 0 Å². The normalized spacial score (nSPS) is 57.5. The summed E-state index contributed by atoms with van der Waals surface area (Å²) >= 11 is 0. The second-order valence-corrected chi connectivity index (χ2v) is 21.7. The van der Waals surface area contributed by atoms with E-state index >= 15 is 0 Å². The summed E-state index contributed by atoms with van der Waals surface area (Å²) in [6.07, 6.45) is -12.3. The standard InChI is InChI=1S/C45H77NO17/c1-18(17-57-40-31(46)35(52)34(51)29(16-47)61-40)7-12-45(56)19(2)30-28(63-45)15-25-23-14-27(26-13-22(48)8-10-43(26,5)24(23)9-11-44(25,30)6)60-42-38(55)39(33(50)21(4)59-42)62-41-37(54)36(53)32(49)20(3)58-41/h18-42,47-56H,7-17,46H2,1-6H3/t18-,19-,20+,21+,22-,23?,24?,25?,26+,27-,28?,29+,30?,31+,32+,33+,34+,35+,36-,37-,38+,39-,40+,41-,42?,43+,44-,45+/m0/s1. The summed E-state index contributed by atoms with van der Waals surface area (Å²) in [5, 5.41) is 108. The van der Waals surface area contributed by atoms with Gasteiger partial charge in [-0.15, -0.1) is 0 Å². The molecule has 28 atom stereocenters. The lowest BCUT2D eigenvalue weighted by molar-refractivity contribution is -0.363. The Balaban J connectivity index is 0.945. The summed E-state index contributed by atoms with van der Waals surface area (Å²) in [6, 6.07) is -0.989. The SMILES string of the molecule is C[C@@H](CC[C@@]1(O)OC2CC3C4C[C@H](OC5O[C@H](C)[C@@H](O)[C@H](O[C@@H]6O[C@H](C)[C@@H](O)[C@H](O)[C@@H]6O)[C@H]5O)[C@H]5C[C@@H](O)CC[C@]5(C)C4CC[C@]3(C)C2[C@@H]1C)CO[C@@H]1O[C@H](CO)[C@@H](O)[C@H](O)[C@H]1N. The van der Waals surface area contributed by atoms with Crippen molar-refractivity contribution in [3.63, 3.8) is 0 Å². The lowest BCUT2D eigenvalue weighted by Gasteiger charge is -2.63. The van der Waals surface area contributed by atoms with E-state index in [9.17, 15) is 51.1 Å². The van der Waals surface area contributed by atoms with Crippen LogP contribution in [-0.2, 0) is 33.2 Å². The highest BCUT2D eigenvalue weighted by Crippen LogP contribution is 2.71. The summed E-state index contributed by atoms with van der Waals surface area (Å²) in [4.78, 5) is 0. The first-order chi connectivity index (χ1) is 29.6. The Morgan fingerprint density at radius 1 is 0.698 bits per heavy atom. The van der Waals surface area contributed by atoms with Crippen LogP contribution < -0.4 is 5.73 Å². The molecule has 12 N–H and O–H groups in total. The van der Waals surface area contributed by atoms with Gasteiger partial charge in [-0.1, -0.05) is 27.7 Å². The zero-order valence-electron chi connectivity index (χ0n) is 37.6. The molecule has 4 aliphatic heterocycles. The van der Waals surface area contributed by atoms with Gasteiger partial charge in [0.2, 0.25) is 0 Å². The fraction of sp³-hybridized carbons (Fsp3) is 1.00. The van der Waals surface area contributed by atoms with Crippen LogP contribution in [0.1, 0.15) is 99.3 Å². The van der Waals surface area contributed by atoms with Gasteiger partial charge in [0.15, 0.2) is 24.7 Å². The molecule has 364 valence electrons. The molecule has 0 bridgehead atoms. The number of aliphatic hydroxyl groups is 10. The Labute approximate surface area is 370 Å². The molecule has 8 aliphatic rings. The maximum absolute atomic E-state index is 12.2. The lowest BCUT2D eigenvalue weighted by atomic mass is 9.43. The third kappa shape index (κ3) is 8.49. The molecule has 6 unspecified atom stereocenters. The summed E-state index contributed by atoms with van der Waals surface area (Å²) < 4.78 is 43.0. The Kier molecular flexibility index (Phi) is 14.2. The summed E-state index contributed by atoms with van der Waals surface area (Å²) in [5.74, 6) is -0.598. The molecule has 4 heterocycles. The third-order valence-corrected chi connectivity index (χ3v) is 18.0. The van der Waals surface area contributed by atoms with E-state index < -0.39 is 117 Å². The van der Waals surface area contributed by atoms with E-state index in [0.717, 1.165) is 25.7 Å². The monoisotopic (exact) mass is 904 g/mol. The Morgan fingerprint density at radius 3 is 2.06 bits per heavy atom. The molecule has 4 saturated heterocycles. The third-order valence-electron chi connectivity index (χ3n) is 18.0. The molecule has 8 rings (SSSR count). The van der Waals surface area contributed by atoms with Crippen LogP contribution in [0, 0.1) is 52.3 Å². The fourth-order valence-electron chi connectivity index (χ4n) is 14.1. The molecule has 4 saturated carbocycles. The lowest BCUT2D eigenvalue weighted by Crippen LogP contribution is -2.64. The minimum absolute atomic E-state index is 0.0316. The Hall–Kier alpha value is -0.720. The van der Waals surface area contributed by atoms with Crippen LogP contribution in [-0.4, -0.2) is 180 Å². The summed E-state index contributed by atoms with van der Waals surface area (Å²) in [5.41, 5.74) is 5.77. The molecular formula is C45H77NO17. The zero-order valence-corrected chi connectivity index (χ0v) is 37.6. The van der Waals surface area contributed by atoms with Crippen molar-refractivity contribution in [3.8, 4) is 0 Å². The first-order valence-electron chi connectivity index (χ1n) is 23.7. The molecule has 8 fully saturated rings. The second kappa shape index (κ2) is 18.3. The van der Waals surface area contributed by atoms with Crippen molar-refractivity contribution >= 4 is 0 Å². The molecule has 0 amide bonds. The van der Waals surface area contributed by atoms with Crippen molar-refractivity contribution in [2.75, 3.05) is 13.2 Å². The summed E-state index contributed by atoms with van der Waals surface area (Å²) in [6.45, 7) is 11.7. The van der Waals surface area contributed by atoms with Crippen LogP contribution in [0.4, 0.5) is 0 Å². The quantitative estimate of drug-likeness (QED) is 0.113. The fourth-order valence-corrected chi connectivity index (χ4v) is 14.1. The van der Waals surface area contributed by atoms with E-state index in [1.807, 2.05) is 6.92 Å². The minimum atomic E-state index is -1.64. The number of fused-ring (bicyclic) bond motifs is 7. The molecule has 18 nitrogen and oxygen atoms in total. The molecule has 0 aromatic rings. The van der Waals surface area contributed by atoms with Crippen LogP contribution in [0.15, 0.2) is 0 Å². The maximum atomic E-state index is 12.2. The average molecular weight is 904 g/mol. The van der Waals surface area contributed by atoms with Crippen molar-refractivity contribution in [3.05, 3.63) is 0 Å². The van der Waals surface area contributed by atoms with Gasteiger partial charge < -0.3 is 90.0 Å². The smallest absolute Gasteiger partial charge is 0.187 e. The van der Waals surface area contributed by atoms with Crippen molar-refractivity contribution < 1.29 is 84.2 Å². The van der Waals surface area contributed by atoms with E-state index in [2.05, 4.69) is 20.8 Å². The molecule has 0 aromatic heterocycles. The van der Waals surface area contributed by atoms with E-state index in [-0.39, 0.29) is 59.0 Å². The number of hydrogen-bond donors (Lipinski definition) is 11. The highest BCUT2D eigenvalue weighted by molar-refractivity contribution is 5.16. The van der Waals surface area contributed by atoms with Gasteiger partial charge in [-0.3, -0.25) is 0 Å². The number of aliphatic hydroxyl groups excluding tert-OH is 9. The molecule has 0 aromatic carbocycles. The number of rotatable bonds is 11. The second-order valence-electron chi connectivity index (χ2n) is 21.7. The molecule has 0 spiro atoms. The van der Waals surface area contributed by atoms with Gasteiger partial charge in [0.25, 0.3) is 0 Å². The van der Waals surface area contributed by atoms with Crippen LogP contribution in [0.25, 0.3) is 0 Å². The number of hydrogen-bond acceptors (Lipinski definition) is 18. The largest absolute Gasteiger partial charge is 0.394 e. The molecule has 18 heteroatoms. The van der Waals surface area contributed by atoms with E-state index in [1.165, 1.54) is 6.92 Å². The van der Waals surface area contributed by atoms with Crippen LogP contribution in [0.3, 0.4) is 0 Å². The summed E-state index contributed by atoms with van der Waals surface area (Å²) in [7, 11) is 0. The molecule has 63 heavy (non-hydrogen) atoms. The van der Waals surface area contributed by atoms with Gasteiger partial charge in [-0.2, -0.15) is 0 Å². The van der Waals surface area contributed by atoms with E-state index in [1.54, 1.807) is 6.92 Å². The molecule has 4 aliphatic carbocycles. The predicted molar refractivity (Wildman–Crippen MR) is 220 cm³/mol. The van der Waals surface area contributed by atoms with E-state index in [4.69, 9.17) is 38.9 Å². The van der Waals surface area contributed by atoms with Gasteiger partial charge in [-0.25, -0.2) is 0 Å². The zero-order chi connectivity index (χ0) is 45.7. The highest BCUT2D eigenvalue weighted by Gasteiger charge is 2.69. The Morgan fingerprint density at radius 2 is 1.37 bits per heavy atom. The first-order valence-corrected chi connectivity index (χ1v) is 23.7. The van der Waals surface area contributed by atoms with Gasteiger partial charge in [0, 0.05) is 12.3 Å². The molecular weight excluding hydrogens is 826 g/mol. The highest BCUT2D eigenvalue weighted by atomic mass is 16.7. The van der Waals surface area contributed by atoms with Crippen molar-refractivity contribution in [2.24, 2.45) is 58.0 Å². The minimum Gasteiger partial charge on any atom is -0.394 e. The van der Waals surface area contributed by atoms with Gasteiger partial charge in [0.05, 0.1) is 49.8 Å². The Bertz CT molecular complexity index is 1570. The van der Waals surface area contributed by atoms with Crippen LogP contribution in [0.5, 0.6) is 0 Å². The topological polar surface area (TPSA) is 293 Å². The van der Waals surface area contributed by atoms with Gasteiger partial charge in [-0.05, 0) is 112 Å². The van der Waals surface area contributed by atoms with Gasteiger partial charge in [0.1, 0.15) is 54.9 Å². The number of nitrogens with two attached hydrogens (primary N) is 1. The number of ether oxygens (including phenoxy) is 7. The first kappa shape index (κ1) is 48.7. The van der Waals surface area contributed by atoms with E-state index in [0.29, 0.717) is 38.0 Å². The van der Waals surface area contributed by atoms with Crippen LogP contribution in [0.2, 0.25) is 0 Å². The van der Waals surface area contributed by atoms with Crippen molar-refractivity contribution in [1.82, 2.24) is 0 Å². The van der Waals surface area contributed by atoms with Crippen LogP contribution >= 0.6 is 0 Å². The average Bonchev–Trinajstić information content (AvgIpc) is 3.68.